The van der Waals surface area contributed by atoms with Crippen molar-refractivity contribution in [3.8, 4) is 0 Å². The van der Waals surface area contributed by atoms with Crippen LogP contribution in [0, 0.1) is 5.92 Å². The van der Waals surface area contributed by atoms with Crippen molar-refractivity contribution in [1.82, 2.24) is 0 Å². The van der Waals surface area contributed by atoms with E-state index >= 15 is 0 Å². The maximum Gasteiger partial charge on any atom is 0.0733 e. The fourth-order valence-corrected chi connectivity index (χ4v) is 2.61. The molecular weight excluding hydrogens is 302 g/mol. The minimum atomic E-state index is -0.519. The van der Waals surface area contributed by atoms with Gasteiger partial charge in [0.1, 0.15) is 0 Å². The Kier molecular flexibility index (Phi) is 5.93. The summed E-state index contributed by atoms with van der Waals surface area (Å²) in [6, 6.07) is 5.07. The molecule has 1 aromatic carbocycles. The standard InChI is InChI=1S/C13H19BrClNO/c1-8(2)3-6-12(17)13(16)10-5-4-9(15)7-11(10)14/h4-5,7-8,12-13,17H,3,6,16H2,1-2H3/t12-,13+/m0/s1. The van der Waals surface area contributed by atoms with Crippen LogP contribution in [0.3, 0.4) is 0 Å². The Balaban J connectivity index is 2.71. The van der Waals surface area contributed by atoms with Gasteiger partial charge in [-0.3, -0.25) is 0 Å². The zero-order valence-electron chi connectivity index (χ0n) is 10.2. The number of aliphatic hydroxyl groups excluding tert-OH is 1. The second-order valence-corrected chi connectivity index (χ2v) is 6.02. The number of aliphatic hydroxyl groups is 1. The van der Waals surface area contributed by atoms with Gasteiger partial charge >= 0.3 is 0 Å². The molecule has 0 aliphatic carbocycles. The van der Waals surface area contributed by atoms with Crippen molar-refractivity contribution in [3.63, 3.8) is 0 Å². The number of hydrogen-bond acceptors (Lipinski definition) is 2. The zero-order valence-corrected chi connectivity index (χ0v) is 12.5. The average Bonchev–Trinajstić information content (AvgIpc) is 2.25. The van der Waals surface area contributed by atoms with E-state index in [-0.39, 0.29) is 6.04 Å². The molecule has 0 saturated carbocycles. The first kappa shape index (κ1) is 15.0. The number of halogens is 2. The summed E-state index contributed by atoms with van der Waals surface area (Å²) in [5.74, 6) is 0.575. The minimum absolute atomic E-state index is 0.375. The smallest absolute Gasteiger partial charge is 0.0733 e. The lowest BCUT2D eigenvalue weighted by molar-refractivity contribution is 0.128. The lowest BCUT2D eigenvalue weighted by Crippen LogP contribution is -2.26. The number of nitrogens with two attached hydrogens (primary N) is 1. The van der Waals surface area contributed by atoms with Crippen LogP contribution in [0.15, 0.2) is 22.7 Å². The van der Waals surface area contributed by atoms with Crippen molar-refractivity contribution in [2.24, 2.45) is 11.7 Å². The van der Waals surface area contributed by atoms with Gasteiger partial charge in [0.05, 0.1) is 12.1 Å². The number of hydrogen-bond donors (Lipinski definition) is 2. The molecule has 0 saturated heterocycles. The van der Waals surface area contributed by atoms with E-state index in [1.807, 2.05) is 6.07 Å². The zero-order chi connectivity index (χ0) is 13.0. The Hall–Kier alpha value is -0.0900. The summed E-state index contributed by atoms with van der Waals surface area (Å²) in [5.41, 5.74) is 6.95. The fraction of sp³-hybridized carbons (Fsp3) is 0.538. The van der Waals surface area contributed by atoms with Gasteiger partial charge in [0, 0.05) is 9.50 Å². The third-order valence-electron chi connectivity index (χ3n) is 2.78. The van der Waals surface area contributed by atoms with Gasteiger partial charge in [0.15, 0.2) is 0 Å². The summed E-state index contributed by atoms with van der Waals surface area (Å²) >= 11 is 9.29. The molecule has 0 heterocycles. The minimum Gasteiger partial charge on any atom is -0.391 e. The van der Waals surface area contributed by atoms with Crippen LogP contribution in [-0.2, 0) is 0 Å². The Labute approximate surface area is 116 Å². The van der Waals surface area contributed by atoms with Crippen LogP contribution in [0.25, 0.3) is 0 Å². The van der Waals surface area contributed by atoms with Gasteiger partial charge < -0.3 is 10.8 Å². The van der Waals surface area contributed by atoms with Crippen LogP contribution in [-0.4, -0.2) is 11.2 Å². The normalized spacial score (nSPS) is 15.0. The summed E-state index contributed by atoms with van der Waals surface area (Å²) in [5, 5.41) is 10.7. The van der Waals surface area contributed by atoms with Gasteiger partial charge in [-0.1, -0.05) is 47.4 Å². The maximum atomic E-state index is 10.0. The molecule has 0 aliphatic rings. The van der Waals surface area contributed by atoms with E-state index in [0.717, 1.165) is 16.5 Å². The van der Waals surface area contributed by atoms with Crippen molar-refractivity contribution < 1.29 is 5.11 Å². The molecule has 17 heavy (non-hydrogen) atoms. The molecule has 2 nitrogen and oxygen atoms in total. The lowest BCUT2D eigenvalue weighted by atomic mass is 9.96. The van der Waals surface area contributed by atoms with Crippen molar-refractivity contribution in [1.29, 1.82) is 0 Å². The molecule has 1 rings (SSSR count). The van der Waals surface area contributed by atoms with Crippen molar-refractivity contribution in [2.75, 3.05) is 0 Å². The monoisotopic (exact) mass is 319 g/mol. The molecule has 3 N–H and O–H groups in total. The second kappa shape index (κ2) is 6.74. The molecule has 0 spiro atoms. The summed E-state index contributed by atoms with van der Waals surface area (Å²) < 4.78 is 0.848. The number of rotatable bonds is 5. The SMILES string of the molecule is CC(C)CC[C@H](O)[C@H](N)c1ccc(Cl)cc1Br. The summed E-state index contributed by atoms with van der Waals surface area (Å²) in [7, 11) is 0. The van der Waals surface area contributed by atoms with Crippen LogP contribution >= 0.6 is 27.5 Å². The van der Waals surface area contributed by atoms with E-state index in [2.05, 4.69) is 29.8 Å². The molecule has 4 heteroatoms. The lowest BCUT2D eigenvalue weighted by Gasteiger charge is -2.21. The van der Waals surface area contributed by atoms with E-state index < -0.39 is 6.10 Å². The summed E-state index contributed by atoms with van der Waals surface area (Å²) in [6.45, 7) is 4.27. The van der Waals surface area contributed by atoms with E-state index in [9.17, 15) is 5.11 Å². The molecular formula is C13H19BrClNO. The van der Waals surface area contributed by atoms with Gasteiger partial charge in [-0.15, -0.1) is 0 Å². The summed E-state index contributed by atoms with van der Waals surface area (Å²) in [6.07, 6.45) is 1.17. The highest BCUT2D eigenvalue weighted by molar-refractivity contribution is 9.10. The van der Waals surface area contributed by atoms with Gasteiger partial charge in [-0.25, -0.2) is 0 Å². The first-order valence-corrected chi connectivity index (χ1v) is 6.97. The van der Waals surface area contributed by atoms with Gasteiger partial charge in [0.2, 0.25) is 0 Å². The molecule has 0 amide bonds. The quantitative estimate of drug-likeness (QED) is 0.864. The van der Waals surface area contributed by atoms with Crippen LogP contribution < -0.4 is 5.73 Å². The van der Waals surface area contributed by atoms with Crippen LogP contribution in [0.4, 0.5) is 0 Å². The van der Waals surface area contributed by atoms with E-state index in [1.54, 1.807) is 12.1 Å². The molecule has 0 bridgehead atoms. The topological polar surface area (TPSA) is 46.2 Å². The molecule has 2 atom stereocenters. The van der Waals surface area contributed by atoms with Crippen molar-refractivity contribution in [3.05, 3.63) is 33.3 Å². The first-order valence-electron chi connectivity index (χ1n) is 5.80. The van der Waals surface area contributed by atoms with Gasteiger partial charge in [-0.2, -0.15) is 0 Å². The Bertz CT molecular complexity index is 370. The van der Waals surface area contributed by atoms with Crippen LogP contribution in [0.5, 0.6) is 0 Å². The van der Waals surface area contributed by atoms with E-state index in [0.29, 0.717) is 17.4 Å². The molecule has 0 fully saturated rings. The van der Waals surface area contributed by atoms with Crippen LogP contribution in [0.2, 0.25) is 5.02 Å². The Morgan fingerprint density at radius 2 is 2.00 bits per heavy atom. The predicted octanol–water partition coefficient (Wildman–Crippen LogP) is 3.90. The third kappa shape index (κ3) is 4.59. The van der Waals surface area contributed by atoms with E-state index in [1.165, 1.54) is 0 Å². The van der Waals surface area contributed by atoms with E-state index in [4.69, 9.17) is 17.3 Å². The molecule has 96 valence electrons. The average molecular weight is 321 g/mol. The summed E-state index contributed by atoms with van der Waals surface area (Å²) in [4.78, 5) is 0. The first-order chi connectivity index (χ1) is 7.91. The van der Waals surface area contributed by atoms with Crippen molar-refractivity contribution >= 4 is 27.5 Å². The maximum absolute atomic E-state index is 10.0. The molecule has 0 aliphatic heterocycles. The highest BCUT2D eigenvalue weighted by atomic mass is 79.9. The number of benzene rings is 1. The molecule has 0 radical (unpaired) electrons. The second-order valence-electron chi connectivity index (χ2n) is 4.73. The Morgan fingerprint density at radius 1 is 1.35 bits per heavy atom. The molecule has 0 unspecified atom stereocenters. The van der Waals surface area contributed by atoms with Crippen molar-refractivity contribution in [2.45, 2.75) is 38.8 Å². The highest BCUT2D eigenvalue weighted by Crippen LogP contribution is 2.28. The largest absolute Gasteiger partial charge is 0.391 e. The Morgan fingerprint density at radius 3 is 2.53 bits per heavy atom. The predicted molar refractivity (Wildman–Crippen MR) is 76.2 cm³/mol. The molecule has 1 aromatic rings. The van der Waals surface area contributed by atoms with Gasteiger partial charge in [0.25, 0.3) is 0 Å². The van der Waals surface area contributed by atoms with Crippen LogP contribution in [0.1, 0.15) is 38.3 Å². The third-order valence-corrected chi connectivity index (χ3v) is 3.70. The van der Waals surface area contributed by atoms with Gasteiger partial charge in [-0.05, 0) is 36.5 Å². The highest BCUT2D eigenvalue weighted by Gasteiger charge is 2.19. The molecule has 0 aromatic heterocycles. The fourth-order valence-electron chi connectivity index (χ4n) is 1.66.